The van der Waals surface area contributed by atoms with Crippen molar-refractivity contribution in [1.82, 2.24) is 24.9 Å². The Hall–Kier alpha value is -4.08. The number of fused-ring (bicyclic) bond motifs is 1. The lowest BCUT2D eigenvalue weighted by molar-refractivity contribution is -0.125. The molecule has 4 aromatic rings. The number of nitriles is 1. The van der Waals surface area contributed by atoms with Crippen molar-refractivity contribution >= 4 is 39.7 Å². The summed E-state index contributed by atoms with van der Waals surface area (Å²) in [6.07, 6.45) is 1.16. The molecular weight excluding hydrogens is 531 g/mol. The Labute approximate surface area is 235 Å². The van der Waals surface area contributed by atoms with Gasteiger partial charge >= 0.3 is 0 Å². The molecule has 3 aromatic heterocycles. The number of imidazole rings is 1. The highest BCUT2D eigenvalue weighted by molar-refractivity contribution is 7.16. The third kappa shape index (κ3) is 5.22. The Bertz CT molecular complexity index is 1590. The van der Waals surface area contributed by atoms with Gasteiger partial charge in [-0.05, 0) is 49.2 Å². The SMILES string of the molecule is CCc1nc2ccc(N3CCC(O)(CNC(=O)C(C)C)C3)nn2c1N(C)c1nc(-c2ccc(F)cc2)c(C#N)s1. The molecular formula is C28H31FN8O2S. The first kappa shape index (κ1) is 27.5. The number of halogens is 1. The third-order valence-electron chi connectivity index (χ3n) is 7.06. The number of anilines is 3. The van der Waals surface area contributed by atoms with Crippen molar-refractivity contribution in [3.05, 3.63) is 52.8 Å². The highest BCUT2D eigenvalue weighted by Gasteiger charge is 2.37. The molecule has 1 aliphatic heterocycles. The summed E-state index contributed by atoms with van der Waals surface area (Å²) in [6.45, 7) is 6.76. The number of carbonyl (C=O) groups is 1. The van der Waals surface area contributed by atoms with Crippen LogP contribution in [0.4, 0.5) is 21.2 Å². The molecule has 1 aliphatic rings. The van der Waals surface area contributed by atoms with Gasteiger partial charge in [-0.25, -0.2) is 14.4 Å². The van der Waals surface area contributed by atoms with Crippen LogP contribution in [-0.4, -0.2) is 62.9 Å². The van der Waals surface area contributed by atoms with E-state index in [4.69, 9.17) is 15.1 Å². The molecule has 1 amide bonds. The van der Waals surface area contributed by atoms with Crippen LogP contribution in [0, 0.1) is 23.1 Å². The summed E-state index contributed by atoms with van der Waals surface area (Å²) in [6, 6.07) is 11.9. The standard InChI is InChI=1S/C28H31FN8O2S/c1-5-20-26(35(4)27-33-24(21(14-30)40-27)18-6-8-19(29)9-7-18)37-22(32-20)10-11-23(34-37)36-13-12-28(39,16-36)15-31-25(38)17(2)3/h6-11,17,39H,5,12-13,15-16H2,1-4H3,(H,31,38). The Morgan fingerprint density at radius 1 is 1.27 bits per heavy atom. The number of rotatable bonds is 8. The Balaban J connectivity index is 1.46. The Morgan fingerprint density at radius 2 is 2.02 bits per heavy atom. The molecule has 1 atom stereocenters. The minimum absolute atomic E-state index is 0.0889. The second-order valence-corrected chi connectivity index (χ2v) is 11.3. The van der Waals surface area contributed by atoms with Crippen molar-refractivity contribution < 1.29 is 14.3 Å². The van der Waals surface area contributed by atoms with Gasteiger partial charge in [-0.2, -0.15) is 9.78 Å². The predicted molar refractivity (Wildman–Crippen MR) is 152 cm³/mol. The molecule has 1 unspecified atom stereocenters. The lowest BCUT2D eigenvalue weighted by Gasteiger charge is -2.25. The number of carbonyl (C=O) groups excluding carboxylic acids is 1. The van der Waals surface area contributed by atoms with Gasteiger partial charge in [-0.1, -0.05) is 32.1 Å². The fourth-order valence-corrected chi connectivity index (χ4v) is 5.62. The normalized spacial score (nSPS) is 17.0. The van der Waals surface area contributed by atoms with Crippen LogP contribution in [0.5, 0.6) is 0 Å². The fraction of sp³-hybridized carbons (Fsp3) is 0.393. The number of amides is 1. The maximum atomic E-state index is 13.5. The zero-order valence-corrected chi connectivity index (χ0v) is 23.7. The molecule has 0 aliphatic carbocycles. The summed E-state index contributed by atoms with van der Waals surface area (Å²) in [5.41, 5.74) is 1.59. The number of aryl methyl sites for hydroxylation is 1. The molecule has 0 radical (unpaired) electrons. The van der Waals surface area contributed by atoms with E-state index in [0.717, 1.165) is 11.5 Å². The fourth-order valence-electron chi connectivity index (χ4n) is 4.77. The van der Waals surface area contributed by atoms with Gasteiger partial charge in [0.05, 0.1) is 5.69 Å². The van der Waals surface area contributed by atoms with Gasteiger partial charge in [0.15, 0.2) is 16.6 Å². The van der Waals surface area contributed by atoms with Crippen molar-refractivity contribution in [3.63, 3.8) is 0 Å². The van der Waals surface area contributed by atoms with E-state index in [0.29, 0.717) is 58.7 Å². The molecule has 0 spiro atoms. The Kier molecular flexibility index (Phi) is 7.44. The summed E-state index contributed by atoms with van der Waals surface area (Å²) >= 11 is 1.24. The average molecular weight is 563 g/mol. The second kappa shape index (κ2) is 10.8. The molecule has 10 nitrogen and oxygen atoms in total. The molecule has 2 N–H and O–H groups in total. The summed E-state index contributed by atoms with van der Waals surface area (Å²) in [5, 5.41) is 29.2. The maximum Gasteiger partial charge on any atom is 0.222 e. The summed E-state index contributed by atoms with van der Waals surface area (Å²) in [4.78, 5) is 25.8. The van der Waals surface area contributed by atoms with Gasteiger partial charge in [0.2, 0.25) is 5.91 Å². The number of aromatic nitrogens is 4. The van der Waals surface area contributed by atoms with Gasteiger partial charge in [0.25, 0.3) is 0 Å². The first-order valence-corrected chi connectivity index (χ1v) is 14.0. The molecule has 208 valence electrons. The molecule has 12 heteroatoms. The third-order valence-corrected chi connectivity index (χ3v) is 8.09. The lowest BCUT2D eigenvalue weighted by atomic mass is 10.0. The van der Waals surface area contributed by atoms with Gasteiger partial charge in [-0.3, -0.25) is 4.79 Å². The lowest BCUT2D eigenvalue weighted by Crippen LogP contribution is -2.46. The van der Waals surface area contributed by atoms with E-state index in [9.17, 15) is 19.6 Å². The van der Waals surface area contributed by atoms with Crippen LogP contribution >= 0.6 is 11.3 Å². The largest absolute Gasteiger partial charge is 0.386 e. The van der Waals surface area contributed by atoms with Crippen LogP contribution in [0.15, 0.2) is 36.4 Å². The molecule has 1 aromatic carbocycles. The summed E-state index contributed by atoms with van der Waals surface area (Å²) in [7, 11) is 1.86. The summed E-state index contributed by atoms with van der Waals surface area (Å²) < 4.78 is 15.2. The highest BCUT2D eigenvalue weighted by atomic mass is 32.1. The van der Waals surface area contributed by atoms with E-state index in [2.05, 4.69) is 11.4 Å². The van der Waals surface area contributed by atoms with Gasteiger partial charge < -0.3 is 20.2 Å². The predicted octanol–water partition coefficient (Wildman–Crippen LogP) is 3.91. The Morgan fingerprint density at radius 3 is 2.70 bits per heavy atom. The number of nitrogens with zero attached hydrogens (tertiary/aromatic N) is 7. The van der Waals surface area contributed by atoms with Crippen LogP contribution in [0.2, 0.25) is 0 Å². The number of benzene rings is 1. The topological polar surface area (TPSA) is 123 Å². The summed E-state index contributed by atoms with van der Waals surface area (Å²) in [5.74, 6) is 0.809. The minimum atomic E-state index is -1.05. The van der Waals surface area contributed by atoms with E-state index < -0.39 is 5.60 Å². The smallest absolute Gasteiger partial charge is 0.222 e. The van der Waals surface area contributed by atoms with Crippen molar-refractivity contribution in [2.75, 3.05) is 36.5 Å². The molecule has 0 bridgehead atoms. The quantitative estimate of drug-likeness (QED) is 0.332. The number of hydrogen-bond acceptors (Lipinski definition) is 9. The average Bonchev–Trinajstić information content (AvgIpc) is 3.66. The zero-order chi connectivity index (χ0) is 28.6. The van der Waals surface area contributed by atoms with E-state index in [-0.39, 0.29) is 24.2 Å². The van der Waals surface area contributed by atoms with Crippen molar-refractivity contribution in [2.45, 2.75) is 39.2 Å². The van der Waals surface area contributed by atoms with Crippen LogP contribution < -0.4 is 15.1 Å². The molecule has 40 heavy (non-hydrogen) atoms. The van der Waals surface area contributed by atoms with Crippen LogP contribution in [-0.2, 0) is 11.2 Å². The number of thiazole rings is 1. The number of nitrogens with one attached hydrogen (secondary N) is 1. The number of hydrogen-bond donors (Lipinski definition) is 2. The first-order valence-electron chi connectivity index (χ1n) is 13.2. The van der Waals surface area contributed by atoms with Gasteiger partial charge in [0, 0.05) is 38.2 Å². The van der Waals surface area contributed by atoms with Crippen molar-refractivity contribution in [2.24, 2.45) is 5.92 Å². The molecule has 5 rings (SSSR count). The van der Waals surface area contributed by atoms with Crippen LogP contribution in [0.25, 0.3) is 16.9 Å². The van der Waals surface area contributed by atoms with Gasteiger partial charge in [-0.15, -0.1) is 5.10 Å². The number of β-amino-alcohol motifs (C(OH)–C–C–N with tert-alkyl or cyclic N) is 1. The second-order valence-electron chi connectivity index (χ2n) is 10.3. The first-order chi connectivity index (χ1) is 19.1. The maximum absolute atomic E-state index is 13.5. The molecule has 0 saturated carbocycles. The minimum Gasteiger partial charge on any atom is -0.386 e. The molecule has 4 heterocycles. The zero-order valence-electron chi connectivity index (χ0n) is 22.8. The van der Waals surface area contributed by atoms with E-state index in [1.807, 2.05) is 49.8 Å². The monoisotopic (exact) mass is 562 g/mol. The van der Waals surface area contributed by atoms with Crippen LogP contribution in [0.1, 0.15) is 37.8 Å². The molecule has 1 saturated heterocycles. The van der Waals surface area contributed by atoms with E-state index >= 15 is 0 Å². The number of aliphatic hydroxyl groups is 1. The van der Waals surface area contributed by atoms with Crippen LogP contribution in [0.3, 0.4) is 0 Å². The van der Waals surface area contributed by atoms with Crippen molar-refractivity contribution in [3.8, 4) is 17.3 Å². The van der Waals surface area contributed by atoms with E-state index in [1.165, 1.54) is 23.5 Å². The highest BCUT2D eigenvalue weighted by Crippen LogP contribution is 2.37. The van der Waals surface area contributed by atoms with E-state index in [1.54, 1.807) is 16.6 Å². The molecule has 1 fully saturated rings. The van der Waals surface area contributed by atoms with Gasteiger partial charge in [0.1, 0.15) is 33.9 Å². The van der Waals surface area contributed by atoms with Crippen molar-refractivity contribution in [1.29, 1.82) is 5.26 Å².